The molecule has 3 nitrogen and oxygen atoms in total. The Morgan fingerprint density at radius 2 is 2.25 bits per heavy atom. The van der Waals surface area contributed by atoms with Gasteiger partial charge in [-0.05, 0) is 19.1 Å². The molecule has 0 saturated carbocycles. The van der Waals surface area contributed by atoms with Gasteiger partial charge in [-0.25, -0.2) is 4.58 Å². The Balaban J connectivity index is 2.44. The number of ketones is 1. The highest BCUT2D eigenvalue weighted by molar-refractivity contribution is 5.96. The number of Topliss-reactive ketones (excluding diaryl/α,β-unsaturated/α-hetero) is 1. The lowest BCUT2D eigenvalue weighted by Crippen LogP contribution is -2.35. The molecule has 1 aliphatic rings. The molecular formula is C13H19N2O+. The quantitative estimate of drug-likeness (QED) is 0.709. The van der Waals surface area contributed by atoms with Crippen LogP contribution >= 0.6 is 0 Å². The van der Waals surface area contributed by atoms with Gasteiger partial charge in [-0.3, -0.25) is 4.79 Å². The maximum absolute atomic E-state index is 11.2. The zero-order valence-corrected chi connectivity index (χ0v) is 10.3. The molecule has 1 aliphatic heterocycles. The summed E-state index contributed by atoms with van der Waals surface area (Å²) in [5, 5.41) is 0. The number of fused-ring (bicyclic) bond motifs is 1. The van der Waals surface area contributed by atoms with E-state index in [1.807, 2.05) is 0 Å². The summed E-state index contributed by atoms with van der Waals surface area (Å²) in [6, 6.07) is 4.32. The van der Waals surface area contributed by atoms with Crippen LogP contribution in [-0.4, -0.2) is 33.7 Å². The predicted molar refractivity (Wildman–Crippen MR) is 64.2 cm³/mol. The first-order valence-electron chi connectivity index (χ1n) is 5.90. The summed E-state index contributed by atoms with van der Waals surface area (Å²) in [6.07, 6.45) is 0.983. The molecule has 0 radical (unpaired) electrons. The number of aryl methyl sites for hydroxylation is 1. The van der Waals surface area contributed by atoms with Crippen LogP contribution in [-0.2, 0) is 11.3 Å². The molecule has 0 bridgehead atoms. The molecular weight excluding hydrogens is 200 g/mol. The van der Waals surface area contributed by atoms with Crippen molar-refractivity contribution in [1.82, 2.24) is 4.57 Å². The smallest absolute Gasteiger partial charge is 0.201 e. The number of rotatable bonds is 3. The highest BCUT2D eigenvalue weighted by atomic mass is 16.1. The van der Waals surface area contributed by atoms with Crippen LogP contribution in [0.15, 0.2) is 12.1 Å². The SMILES string of the molecule is CCC1=[N+](CC(C)=O)CCn2c(C)ccc21. The molecule has 0 fully saturated rings. The molecule has 1 aromatic rings. The maximum atomic E-state index is 11.2. The standard InChI is InChI=1S/C13H19N2O/c1-4-12-13-6-5-10(2)15(13)8-7-14(12)9-11(3)16/h5-6H,4,7-9H2,1-3H3/q+1. The van der Waals surface area contributed by atoms with E-state index in [-0.39, 0.29) is 5.78 Å². The highest BCUT2D eigenvalue weighted by Gasteiger charge is 2.25. The van der Waals surface area contributed by atoms with E-state index in [1.165, 1.54) is 17.1 Å². The minimum absolute atomic E-state index is 0.239. The molecule has 0 amide bonds. The summed E-state index contributed by atoms with van der Waals surface area (Å²) in [6.45, 7) is 8.44. The number of hydrogen-bond acceptors (Lipinski definition) is 1. The van der Waals surface area contributed by atoms with Crippen LogP contribution < -0.4 is 0 Å². The summed E-state index contributed by atoms with van der Waals surface area (Å²) in [4.78, 5) is 11.2. The fourth-order valence-corrected chi connectivity index (χ4v) is 2.48. The van der Waals surface area contributed by atoms with Crippen LogP contribution in [0.2, 0.25) is 0 Å². The Morgan fingerprint density at radius 3 is 2.88 bits per heavy atom. The van der Waals surface area contributed by atoms with Crippen molar-refractivity contribution in [3.8, 4) is 0 Å². The molecule has 0 unspecified atom stereocenters. The van der Waals surface area contributed by atoms with Crippen molar-refractivity contribution in [2.75, 3.05) is 13.1 Å². The zero-order chi connectivity index (χ0) is 11.7. The van der Waals surface area contributed by atoms with E-state index in [1.54, 1.807) is 6.92 Å². The van der Waals surface area contributed by atoms with Crippen LogP contribution in [0.4, 0.5) is 0 Å². The van der Waals surface area contributed by atoms with E-state index < -0.39 is 0 Å². The number of carbonyl (C=O) groups excluding carboxylic acids is 1. The van der Waals surface area contributed by atoms with E-state index >= 15 is 0 Å². The average molecular weight is 219 g/mol. The van der Waals surface area contributed by atoms with Crippen molar-refractivity contribution in [1.29, 1.82) is 0 Å². The van der Waals surface area contributed by atoms with Crippen LogP contribution in [0.5, 0.6) is 0 Å². The second kappa shape index (κ2) is 4.24. The molecule has 3 heteroatoms. The highest BCUT2D eigenvalue weighted by Crippen LogP contribution is 2.15. The molecule has 0 saturated heterocycles. The Morgan fingerprint density at radius 1 is 1.50 bits per heavy atom. The molecule has 2 heterocycles. The fraction of sp³-hybridized carbons (Fsp3) is 0.538. The topological polar surface area (TPSA) is 25.0 Å². The van der Waals surface area contributed by atoms with E-state index in [0.717, 1.165) is 19.5 Å². The minimum Gasteiger partial charge on any atom is -0.334 e. The van der Waals surface area contributed by atoms with E-state index in [4.69, 9.17) is 0 Å². The third kappa shape index (κ3) is 1.82. The molecule has 0 aromatic carbocycles. The number of carbonyl (C=O) groups is 1. The molecule has 16 heavy (non-hydrogen) atoms. The summed E-state index contributed by atoms with van der Waals surface area (Å²) in [5.41, 5.74) is 3.89. The van der Waals surface area contributed by atoms with Crippen molar-refractivity contribution in [3.63, 3.8) is 0 Å². The first-order chi connectivity index (χ1) is 7.63. The van der Waals surface area contributed by atoms with Crippen molar-refractivity contribution < 1.29 is 9.37 Å². The van der Waals surface area contributed by atoms with Crippen molar-refractivity contribution in [2.24, 2.45) is 0 Å². The Hall–Kier alpha value is -1.38. The Bertz CT molecular complexity index is 454. The largest absolute Gasteiger partial charge is 0.334 e. The van der Waals surface area contributed by atoms with Gasteiger partial charge in [0.2, 0.25) is 6.54 Å². The molecule has 0 atom stereocenters. The molecule has 86 valence electrons. The van der Waals surface area contributed by atoms with E-state index in [9.17, 15) is 4.79 Å². The lowest BCUT2D eigenvalue weighted by atomic mass is 10.1. The summed E-state index contributed by atoms with van der Waals surface area (Å²) in [5.74, 6) is 0.239. The third-order valence-corrected chi connectivity index (χ3v) is 3.22. The van der Waals surface area contributed by atoms with Crippen molar-refractivity contribution >= 4 is 11.5 Å². The Labute approximate surface area is 96.4 Å². The second-order valence-electron chi connectivity index (χ2n) is 4.44. The fourth-order valence-electron chi connectivity index (χ4n) is 2.48. The number of hydrogen-bond donors (Lipinski definition) is 0. The summed E-state index contributed by atoms with van der Waals surface area (Å²) >= 11 is 0. The third-order valence-electron chi connectivity index (χ3n) is 3.22. The molecule has 2 rings (SSSR count). The van der Waals surface area contributed by atoms with Crippen molar-refractivity contribution in [2.45, 2.75) is 33.7 Å². The van der Waals surface area contributed by atoms with Gasteiger partial charge in [0.15, 0.2) is 18.0 Å². The number of aromatic nitrogens is 1. The normalized spacial score (nSPS) is 15.2. The number of nitrogens with zero attached hydrogens (tertiary/aromatic N) is 2. The first-order valence-corrected chi connectivity index (χ1v) is 5.90. The molecule has 0 spiro atoms. The van der Waals surface area contributed by atoms with Gasteiger partial charge < -0.3 is 4.57 Å². The lowest BCUT2D eigenvalue weighted by molar-refractivity contribution is -0.521. The zero-order valence-electron chi connectivity index (χ0n) is 10.3. The van der Waals surface area contributed by atoms with Crippen LogP contribution in [0, 0.1) is 6.92 Å². The first kappa shape index (κ1) is 11.1. The summed E-state index contributed by atoms with van der Waals surface area (Å²) in [7, 11) is 0. The van der Waals surface area contributed by atoms with E-state index in [2.05, 4.69) is 35.1 Å². The van der Waals surface area contributed by atoms with Gasteiger partial charge in [-0.2, -0.15) is 0 Å². The van der Waals surface area contributed by atoms with Crippen LogP contribution in [0.3, 0.4) is 0 Å². The van der Waals surface area contributed by atoms with Gasteiger partial charge in [0.25, 0.3) is 0 Å². The average Bonchev–Trinajstić information content (AvgIpc) is 2.59. The van der Waals surface area contributed by atoms with Gasteiger partial charge in [0.1, 0.15) is 5.69 Å². The van der Waals surface area contributed by atoms with E-state index in [0.29, 0.717) is 6.54 Å². The monoisotopic (exact) mass is 219 g/mol. The molecule has 0 N–H and O–H groups in total. The predicted octanol–water partition coefficient (Wildman–Crippen LogP) is 1.61. The second-order valence-corrected chi connectivity index (χ2v) is 4.44. The Kier molecular flexibility index (Phi) is 2.95. The van der Waals surface area contributed by atoms with Crippen LogP contribution in [0.25, 0.3) is 0 Å². The van der Waals surface area contributed by atoms with Gasteiger partial charge in [0.05, 0.1) is 6.54 Å². The molecule has 1 aromatic heterocycles. The van der Waals surface area contributed by atoms with Gasteiger partial charge in [-0.15, -0.1) is 0 Å². The van der Waals surface area contributed by atoms with Crippen LogP contribution in [0.1, 0.15) is 31.7 Å². The molecule has 0 aliphatic carbocycles. The van der Waals surface area contributed by atoms with Gasteiger partial charge in [-0.1, -0.05) is 6.92 Å². The van der Waals surface area contributed by atoms with Gasteiger partial charge >= 0.3 is 0 Å². The minimum atomic E-state index is 0.239. The lowest BCUT2D eigenvalue weighted by Gasteiger charge is -2.18. The van der Waals surface area contributed by atoms with Gasteiger partial charge in [0, 0.05) is 19.0 Å². The maximum Gasteiger partial charge on any atom is 0.201 e. The van der Waals surface area contributed by atoms with Crippen molar-refractivity contribution in [3.05, 3.63) is 23.5 Å². The summed E-state index contributed by atoms with van der Waals surface area (Å²) < 4.78 is 4.56.